The monoisotopic (exact) mass is 353 g/mol. The number of thiophene rings is 1. The summed E-state index contributed by atoms with van der Waals surface area (Å²) in [6, 6.07) is 4.23. The maximum atomic E-state index is 4.85. The summed E-state index contributed by atoms with van der Waals surface area (Å²) >= 11 is 1.85. The molecular weight excluding hydrogens is 330 g/mol. The molecule has 0 amide bonds. The van der Waals surface area contributed by atoms with Gasteiger partial charge in [0.2, 0.25) is 0 Å². The van der Waals surface area contributed by atoms with Crippen LogP contribution in [0.15, 0.2) is 29.9 Å². The minimum atomic E-state index is 0.402. The Hall–Kier alpha value is -2.05. The fourth-order valence-electron chi connectivity index (χ4n) is 3.46. The van der Waals surface area contributed by atoms with Gasteiger partial charge >= 0.3 is 0 Å². The third-order valence-electron chi connectivity index (χ3n) is 4.89. The van der Waals surface area contributed by atoms with E-state index in [0.29, 0.717) is 5.92 Å². The number of imidazole rings is 1. The third-order valence-corrected chi connectivity index (χ3v) is 5.90. The lowest BCUT2D eigenvalue weighted by Gasteiger charge is -2.16. The molecule has 3 aromatic rings. The van der Waals surface area contributed by atoms with Gasteiger partial charge in [-0.25, -0.2) is 15.0 Å². The second-order valence-corrected chi connectivity index (χ2v) is 7.86. The van der Waals surface area contributed by atoms with Crippen LogP contribution in [0, 0.1) is 13.8 Å². The van der Waals surface area contributed by atoms with E-state index >= 15 is 0 Å². The lowest BCUT2D eigenvalue weighted by atomic mass is 10.1. The zero-order valence-corrected chi connectivity index (χ0v) is 15.8. The van der Waals surface area contributed by atoms with Crippen molar-refractivity contribution < 1.29 is 0 Å². The van der Waals surface area contributed by atoms with Crippen molar-refractivity contribution in [1.29, 1.82) is 0 Å². The van der Waals surface area contributed by atoms with E-state index in [9.17, 15) is 0 Å². The number of nitrogens with zero attached hydrogens (tertiary/aromatic N) is 5. The molecule has 1 fully saturated rings. The van der Waals surface area contributed by atoms with E-state index in [-0.39, 0.29) is 0 Å². The average molecular weight is 353 g/mol. The van der Waals surface area contributed by atoms with Crippen LogP contribution in [0.3, 0.4) is 0 Å². The summed E-state index contributed by atoms with van der Waals surface area (Å²) in [5, 5.41) is 2.18. The van der Waals surface area contributed by atoms with E-state index in [1.165, 1.54) is 10.4 Å². The number of rotatable bonds is 4. The molecule has 0 N–H and O–H groups in total. The number of hydrogen-bond donors (Lipinski definition) is 0. The molecule has 6 heteroatoms. The van der Waals surface area contributed by atoms with Crippen molar-refractivity contribution in [3.8, 4) is 11.5 Å². The molecule has 4 heterocycles. The second kappa shape index (κ2) is 6.69. The molecule has 1 saturated heterocycles. The first kappa shape index (κ1) is 16.4. The van der Waals surface area contributed by atoms with E-state index < -0.39 is 0 Å². The molecule has 0 bridgehead atoms. The molecule has 1 atom stereocenters. The Bertz CT molecular complexity index is 882. The quantitative estimate of drug-likeness (QED) is 0.720. The van der Waals surface area contributed by atoms with Gasteiger partial charge in [-0.1, -0.05) is 0 Å². The van der Waals surface area contributed by atoms with Gasteiger partial charge in [0.15, 0.2) is 5.82 Å². The van der Waals surface area contributed by atoms with Crippen LogP contribution in [0.2, 0.25) is 0 Å². The van der Waals surface area contributed by atoms with Crippen molar-refractivity contribution in [1.82, 2.24) is 24.4 Å². The zero-order chi connectivity index (χ0) is 17.4. The lowest BCUT2D eigenvalue weighted by molar-refractivity contribution is 0.328. The van der Waals surface area contributed by atoms with Gasteiger partial charge in [-0.2, -0.15) is 0 Å². The highest BCUT2D eigenvalue weighted by molar-refractivity contribution is 7.10. The Kier molecular flexibility index (Phi) is 4.39. The highest BCUT2D eigenvalue weighted by atomic mass is 32.1. The maximum Gasteiger partial charge on any atom is 0.158 e. The molecule has 130 valence electrons. The molecule has 1 aliphatic rings. The second-order valence-electron chi connectivity index (χ2n) is 6.86. The number of aromatic nitrogens is 4. The minimum absolute atomic E-state index is 0.402. The van der Waals surface area contributed by atoms with Gasteiger partial charge < -0.3 is 4.57 Å². The summed E-state index contributed by atoms with van der Waals surface area (Å²) in [5.41, 5.74) is 3.33. The SMILES string of the molecule is Cc1cc(-c2nccn2C)nc([C@H]2CCN(Cc3sccc3C)C2)n1. The first-order valence-corrected chi connectivity index (χ1v) is 9.56. The molecule has 0 aromatic carbocycles. The predicted octanol–water partition coefficient (Wildman–Crippen LogP) is 3.54. The summed E-state index contributed by atoms with van der Waals surface area (Å²) in [7, 11) is 2.00. The minimum Gasteiger partial charge on any atom is -0.333 e. The molecule has 0 saturated carbocycles. The van der Waals surface area contributed by atoms with Gasteiger partial charge in [-0.05, 0) is 49.9 Å². The zero-order valence-electron chi connectivity index (χ0n) is 14.9. The number of likely N-dealkylation sites (tertiary alicyclic amines) is 1. The van der Waals surface area contributed by atoms with E-state index in [0.717, 1.165) is 49.1 Å². The molecule has 3 aromatic heterocycles. The van der Waals surface area contributed by atoms with Gasteiger partial charge in [0.1, 0.15) is 11.5 Å². The highest BCUT2D eigenvalue weighted by Gasteiger charge is 2.27. The van der Waals surface area contributed by atoms with Gasteiger partial charge in [0.05, 0.1) is 0 Å². The van der Waals surface area contributed by atoms with Crippen LogP contribution in [-0.2, 0) is 13.6 Å². The lowest BCUT2D eigenvalue weighted by Crippen LogP contribution is -2.20. The standard InChI is InChI=1S/C19H23N5S/c1-13-5-9-25-17(13)12-24-7-4-15(11-24)18-21-14(2)10-16(22-18)19-20-6-8-23(19)3/h5-6,8-10,15H,4,7,11-12H2,1-3H3/t15-/m0/s1. The molecule has 5 nitrogen and oxygen atoms in total. The van der Waals surface area contributed by atoms with Crippen molar-refractivity contribution in [2.75, 3.05) is 13.1 Å². The van der Waals surface area contributed by atoms with Gasteiger partial charge in [0.25, 0.3) is 0 Å². The topological polar surface area (TPSA) is 46.8 Å². The largest absolute Gasteiger partial charge is 0.333 e. The fourth-order valence-corrected chi connectivity index (χ4v) is 4.40. The first-order valence-electron chi connectivity index (χ1n) is 8.69. The molecule has 0 unspecified atom stereocenters. The maximum absolute atomic E-state index is 4.85. The molecule has 4 rings (SSSR count). The average Bonchev–Trinajstić information content (AvgIpc) is 3.30. The van der Waals surface area contributed by atoms with Crippen LogP contribution in [0.25, 0.3) is 11.5 Å². The number of hydrogen-bond acceptors (Lipinski definition) is 5. The molecule has 0 spiro atoms. The Morgan fingerprint density at radius 1 is 1.28 bits per heavy atom. The Balaban J connectivity index is 1.54. The van der Waals surface area contributed by atoms with Crippen LogP contribution < -0.4 is 0 Å². The van der Waals surface area contributed by atoms with E-state index in [1.807, 2.05) is 48.3 Å². The normalized spacial score (nSPS) is 18.1. The van der Waals surface area contributed by atoms with E-state index in [1.54, 1.807) is 0 Å². The summed E-state index contributed by atoms with van der Waals surface area (Å²) < 4.78 is 2.01. The van der Waals surface area contributed by atoms with Crippen LogP contribution in [0.1, 0.15) is 34.3 Å². The molecule has 25 heavy (non-hydrogen) atoms. The Morgan fingerprint density at radius 3 is 2.88 bits per heavy atom. The third kappa shape index (κ3) is 3.37. The summed E-state index contributed by atoms with van der Waals surface area (Å²) in [6.45, 7) is 7.41. The fraction of sp³-hybridized carbons (Fsp3) is 0.421. The smallest absolute Gasteiger partial charge is 0.158 e. The molecule has 1 aliphatic heterocycles. The Labute approximate surface area is 152 Å². The first-order chi connectivity index (χ1) is 12.1. The van der Waals surface area contributed by atoms with Crippen LogP contribution in [0.5, 0.6) is 0 Å². The van der Waals surface area contributed by atoms with E-state index in [2.05, 4.69) is 28.3 Å². The Morgan fingerprint density at radius 2 is 2.16 bits per heavy atom. The van der Waals surface area contributed by atoms with Crippen molar-refractivity contribution in [2.24, 2.45) is 7.05 Å². The van der Waals surface area contributed by atoms with Crippen LogP contribution in [0.4, 0.5) is 0 Å². The number of aryl methyl sites for hydroxylation is 3. The van der Waals surface area contributed by atoms with Crippen molar-refractivity contribution in [3.05, 3.63) is 51.9 Å². The van der Waals surface area contributed by atoms with Crippen molar-refractivity contribution in [3.63, 3.8) is 0 Å². The van der Waals surface area contributed by atoms with Crippen LogP contribution in [-0.4, -0.2) is 37.5 Å². The van der Waals surface area contributed by atoms with Crippen LogP contribution >= 0.6 is 11.3 Å². The summed E-state index contributed by atoms with van der Waals surface area (Å²) in [4.78, 5) is 18.0. The van der Waals surface area contributed by atoms with Crippen molar-refractivity contribution in [2.45, 2.75) is 32.7 Å². The van der Waals surface area contributed by atoms with Crippen molar-refractivity contribution >= 4 is 11.3 Å². The summed E-state index contributed by atoms with van der Waals surface area (Å²) in [5.74, 6) is 2.26. The van der Waals surface area contributed by atoms with Gasteiger partial charge in [-0.3, -0.25) is 4.90 Å². The summed E-state index contributed by atoms with van der Waals surface area (Å²) in [6.07, 6.45) is 4.88. The van der Waals surface area contributed by atoms with Gasteiger partial charge in [0, 0.05) is 49.0 Å². The molecule has 0 aliphatic carbocycles. The predicted molar refractivity (Wildman–Crippen MR) is 101 cm³/mol. The van der Waals surface area contributed by atoms with Gasteiger partial charge in [-0.15, -0.1) is 11.3 Å². The van der Waals surface area contributed by atoms with E-state index in [4.69, 9.17) is 9.97 Å². The molecular formula is C19H23N5S. The highest BCUT2D eigenvalue weighted by Crippen LogP contribution is 2.29. The molecule has 0 radical (unpaired) electrons.